The number of aryl methyl sites for hydroxylation is 2. The number of rotatable bonds is 21. The number of aromatic hydroxyl groups is 1. The van der Waals surface area contributed by atoms with Gasteiger partial charge in [0.15, 0.2) is 23.7 Å². The zero-order valence-corrected chi connectivity index (χ0v) is 50.9. The molecule has 10 bridgehead atoms. The minimum absolute atomic E-state index is 0.00329. The highest BCUT2D eigenvalue weighted by Gasteiger charge is 2.38. The Kier molecular flexibility index (Phi) is 21.9. The van der Waals surface area contributed by atoms with Crippen LogP contribution >= 0.6 is 0 Å². The number of methoxy groups -OCH3 is 1. The van der Waals surface area contributed by atoms with Gasteiger partial charge in [-0.15, -0.1) is 0 Å². The molecule has 0 spiro atoms. The number of fused-ring (bicyclic) bond motifs is 8. The summed E-state index contributed by atoms with van der Waals surface area (Å²) in [6, 6.07) is 24.3. The van der Waals surface area contributed by atoms with Crippen molar-refractivity contribution in [1.29, 1.82) is 0 Å². The van der Waals surface area contributed by atoms with E-state index in [4.69, 9.17) is 24.7 Å². The van der Waals surface area contributed by atoms with Crippen molar-refractivity contribution in [1.82, 2.24) is 5.32 Å². The molecule has 7 atom stereocenters. The number of aliphatic imine (C=N–C) groups is 1. The minimum Gasteiger partial charge on any atom is -0.508 e. The molecule has 0 radical (unpaired) electrons. The fourth-order valence-electron chi connectivity index (χ4n) is 13.5. The van der Waals surface area contributed by atoms with Crippen LogP contribution in [0.15, 0.2) is 107 Å². The first kappa shape index (κ1) is 62.5. The summed E-state index contributed by atoms with van der Waals surface area (Å²) in [7, 11) is 3.28. The largest absolute Gasteiger partial charge is 0.508 e. The molecule has 452 valence electrons. The topological polar surface area (TPSA) is 197 Å². The summed E-state index contributed by atoms with van der Waals surface area (Å²) in [6.45, 7) is 10.9. The van der Waals surface area contributed by atoms with Crippen molar-refractivity contribution in [2.75, 3.05) is 45.8 Å². The van der Waals surface area contributed by atoms with Crippen molar-refractivity contribution in [2.24, 2.45) is 28.5 Å². The molecular weight excluding hydrogens is 1060 g/mol. The number of phenols is 1. The Balaban J connectivity index is 1.22. The molecule has 0 amide bonds. The number of unbranched alkanes of at least 4 members (excludes halogenated alkanes) is 3. The summed E-state index contributed by atoms with van der Waals surface area (Å²) in [5.74, 6) is 3.58. The van der Waals surface area contributed by atoms with Crippen LogP contribution in [-0.4, -0.2) is 78.7 Å². The fraction of sp³-hybridized carbons (Fsp3) is 0.472. The maximum absolute atomic E-state index is 14.5. The van der Waals surface area contributed by atoms with Crippen LogP contribution in [0.2, 0.25) is 0 Å². The van der Waals surface area contributed by atoms with E-state index in [2.05, 4.69) is 103 Å². The van der Waals surface area contributed by atoms with E-state index in [0.717, 1.165) is 109 Å². The Labute approximate surface area is 503 Å². The lowest BCUT2D eigenvalue weighted by Crippen LogP contribution is -2.31. The Morgan fingerprint density at radius 2 is 1.76 bits per heavy atom. The zero-order chi connectivity index (χ0) is 60.0. The molecule has 13 heteroatoms. The monoisotopic (exact) mass is 1150 g/mol. The van der Waals surface area contributed by atoms with Crippen LogP contribution in [0.25, 0.3) is 16.8 Å². The van der Waals surface area contributed by atoms with E-state index < -0.39 is 24.2 Å². The Hall–Kier alpha value is -7.08. The number of allylic oxidation sites excluding steroid dienone is 4. The van der Waals surface area contributed by atoms with Crippen LogP contribution in [0.1, 0.15) is 178 Å². The predicted molar refractivity (Wildman–Crippen MR) is 340 cm³/mol. The van der Waals surface area contributed by atoms with E-state index in [1.54, 1.807) is 20.2 Å². The van der Waals surface area contributed by atoms with Crippen LogP contribution in [-0.2, 0) is 46.6 Å². The van der Waals surface area contributed by atoms with Crippen molar-refractivity contribution in [3.8, 4) is 29.3 Å². The molecular formula is C72H90N4O9. The molecule has 13 nitrogen and oxygen atoms in total. The molecule has 11 rings (SSSR count). The zero-order valence-electron chi connectivity index (χ0n) is 50.9. The number of guanidine groups is 1. The number of nitrogens with zero attached hydrogens (tertiary/aromatic N) is 1. The van der Waals surface area contributed by atoms with Gasteiger partial charge >= 0.3 is 0 Å². The van der Waals surface area contributed by atoms with Crippen molar-refractivity contribution >= 4 is 34.3 Å². The molecule has 85 heavy (non-hydrogen) atoms. The Bertz CT molecular complexity index is 3330. The van der Waals surface area contributed by atoms with Gasteiger partial charge in [0.2, 0.25) is 0 Å². The first-order valence-electron chi connectivity index (χ1n) is 31.3. The second kappa shape index (κ2) is 29.8. The first-order chi connectivity index (χ1) is 41.3. The van der Waals surface area contributed by atoms with E-state index in [1.165, 1.54) is 11.1 Å². The molecule has 8 N–H and O–H groups in total. The van der Waals surface area contributed by atoms with Gasteiger partial charge in [0, 0.05) is 73.2 Å². The Morgan fingerprint density at radius 1 is 0.929 bits per heavy atom. The third-order valence-electron chi connectivity index (χ3n) is 18.0. The van der Waals surface area contributed by atoms with E-state index >= 15 is 0 Å². The van der Waals surface area contributed by atoms with Gasteiger partial charge in [0.05, 0.1) is 19.6 Å². The fourth-order valence-corrected chi connectivity index (χ4v) is 13.5. The minimum atomic E-state index is -1.91. The van der Waals surface area contributed by atoms with Crippen LogP contribution in [0.5, 0.6) is 17.2 Å². The molecule has 0 fully saturated rings. The first-order valence-corrected chi connectivity index (χ1v) is 31.3. The maximum atomic E-state index is 14.5. The second-order valence-corrected chi connectivity index (χ2v) is 23.7. The van der Waals surface area contributed by atoms with Crippen molar-refractivity contribution < 1.29 is 44.2 Å². The van der Waals surface area contributed by atoms with E-state index in [1.807, 2.05) is 43.3 Å². The molecule has 4 heterocycles. The van der Waals surface area contributed by atoms with Crippen LogP contribution in [0.3, 0.4) is 0 Å². The van der Waals surface area contributed by atoms with E-state index in [9.17, 15) is 25.2 Å². The standard InChI is InChI=1S/C72H90N4O9/c1-7-10-11-21-55-48(19-15-22-64(55)76-72(73)74-5)17-12-13-18-49-37-60-52(43-75-31-8-2)38-59(50-20-14-16-46(34-50)29-32-83-9-3)57-30-33-84-54(36-51(49)39-65(60)78)40-53(77)26-24-47-25-28-67(82-6)68(35-47)85-44-63-56-27-23-45(4)58-42-66(79)70(57)62(69(56)58)41-61(63)71(80)81/h14-16,19-20,22-23,25,27-28,34-35,37,39,41-42,45,49,51-52,54,57,59,71,75,78-81H,7-13,17-18,21,24,26,29,31-32,36,38,40,43-44H2,1-6H3,(H3,73,74,76). The lowest BCUT2D eigenvalue weighted by Gasteiger charge is -2.35. The summed E-state index contributed by atoms with van der Waals surface area (Å²) in [5.41, 5.74) is 16.6. The molecule has 5 aromatic carbocycles. The van der Waals surface area contributed by atoms with E-state index in [0.29, 0.717) is 79.4 Å². The second-order valence-electron chi connectivity index (χ2n) is 23.7. The van der Waals surface area contributed by atoms with Gasteiger partial charge < -0.3 is 55.7 Å². The summed E-state index contributed by atoms with van der Waals surface area (Å²) in [4.78, 5) is 18.7. The SMILES string of the molecule is CCCCCc1c(CCCCC2C=C3C(O)=CC2CC2CC(=O)CCc4ccc(OC)c(c4)OCc4c(C(O)O)cc5c(c(O)cc6c5c4C=CC6C)C(C#CO2)C(c2cccc(CCOCC)c2)CC3CNCCC)cccc1NC(N)=NC. The quantitative estimate of drug-likeness (QED) is 0.0121. The average molecular weight is 1160 g/mol. The lowest BCUT2D eigenvalue weighted by molar-refractivity contribution is -0.121. The molecule has 7 unspecified atom stereocenters. The molecule has 0 saturated heterocycles. The number of carbonyl (C=O) groups excluding carboxylic acids is 1. The molecule has 2 aliphatic carbocycles. The maximum Gasteiger partial charge on any atom is 0.192 e. The van der Waals surface area contributed by atoms with E-state index in [-0.39, 0.29) is 66.0 Å². The van der Waals surface area contributed by atoms with Gasteiger partial charge in [-0.05, 0) is 181 Å². The number of Topliss-reactive ketones (excluding diaryl/α,β-unsaturated/α-hetero) is 1. The van der Waals surface area contributed by atoms with Crippen molar-refractivity contribution in [3.63, 3.8) is 0 Å². The van der Waals surface area contributed by atoms with Crippen molar-refractivity contribution in [2.45, 2.75) is 161 Å². The third kappa shape index (κ3) is 15.1. The summed E-state index contributed by atoms with van der Waals surface area (Å²) < 4.78 is 25.2. The normalized spacial score (nSPS) is 21.4. The van der Waals surface area contributed by atoms with Gasteiger partial charge in [0.1, 0.15) is 36.1 Å². The van der Waals surface area contributed by atoms with Gasteiger partial charge in [-0.2, -0.15) is 0 Å². The number of benzene rings is 5. The molecule has 6 aliphatic rings. The number of hydrogen-bond donors (Lipinski definition) is 7. The van der Waals surface area contributed by atoms with Gasteiger partial charge in [0.25, 0.3) is 0 Å². The lowest BCUT2D eigenvalue weighted by atomic mass is 9.70. The van der Waals surface area contributed by atoms with Gasteiger partial charge in [-0.3, -0.25) is 9.79 Å². The molecule has 0 saturated carbocycles. The summed E-state index contributed by atoms with van der Waals surface area (Å²) in [6.07, 6.45) is 20.3. The third-order valence-corrected chi connectivity index (χ3v) is 18.0. The van der Waals surface area contributed by atoms with Crippen molar-refractivity contribution in [3.05, 3.63) is 158 Å². The average Bonchev–Trinajstić information content (AvgIpc) is 1.31. The van der Waals surface area contributed by atoms with Gasteiger partial charge in [-0.25, -0.2) is 0 Å². The number of nitrogens with two attached hydrogens (primary N) is 1. The highest BCUT2D eigenvalue weighted by Crippen LogP contribution is 2.51. The number of aliphatic hydroxyl groups excluding tert-OH is 2. The number of carbonyl (C=O) groups is 1. The van der Waals surface area contributed by atoms with Gasteiger partial charge in [-0.1, -0.05) is 107 Å². The highest BCUT2D eigenvalue weighted by molar-refractivity contribution is 6.01. The number of nitrogens with one attached hydrogen (secondary N) is 2. The predicted octanol–water partition coefficient (Wildman–Crippen LogP) is 13.5. The highest BCUT2D eigenvalue weighted by atomic mass is 16.5. The Morgan fingerprint density at radius 3 is 2.55 bits per heavy atom. The van der Waals surface area contributed by atoms with Crippen LogP contribution in [0, 0.1) is 29.8 Å². The number of phenolic OH excluding ortho intramolecular Hbond substituents is 1. The summed E-state index contributed by atoms with van der Waals surface area (Å²) in [5, 5.41) is 57.1. The number of ether oxygens (including phenoxy) is 4. The smallest absolute Gasteiger partial charge is 0.192 e. The van der Waals surface area contributed by atoms with Crippen LogP contribution in [0.4, 0.5) is 5.69 Å². The van der Waals surface area contributed by atoms with Crippen LogP contribution < -0.4 is 25.8 Å². The number of ketones is 1. The summed E-state index contributed by atoms with van der Waals surface area (Å²) >= 11 is 0. The number of hydrogen-bond acceptors (Lipinski definition) is 11. The number of aliphatic hydroxyl groups is 3. The molecule has 0 aromatic heterocycles. The molecule has 5 aromatic rings. The number of anilines is 1. The molecule has 4 aliphatic heterocycles.